The fraction of sp³-hybridized carbons (Fsp3) is 0.600. The molecule has 0 amide bonds. The van der Waals surface area contributed by atoms with Gasteiger partial charge in [0, 0.05) is 23.6 Å². The monoisotopic (exact) mass is 242 g/mol. The van der Waals surface area contributed by atoms with Crippen LogP contribution in [-0.2, 0) is 0 Å². The van der Waals surface area contributed by atoms with E-state index in [2.05, 4.69) is 23.8 Å². The average Bonchev–Trinajstić information content (AvgIpc) is 2.20. The van der Waals surface area contributed by atoms with Crippen LogP contribution in [0.4, 0.5) is 16.2 Å². The highest BCUT2D eigenvalue weighted by Crippen LogP contribution is 2.32. The maximum Gasteiger partial charge on any atom is 0.222 e. The summed E-state index contributed by atoms with van der Waals surface area (Å²) in [6, 6.07) is 0. The normalized spacial score (nSPS) is 19.8. The van der Waals surface area contributed by atoms with Crippen molar-refractivity contribution in [2.75, 3.05) is 29.5 Å². The van der Waals surface area contributed by atoms with E-state index < -0.39 is 5.82 Å². The van der Waals surface area contributed by atoms with E-state index >= 15 is 0 Å². The van der Waals surface area contributed by atoms with Gasteiger partial charge in [0.1, 0.15) is 0 Å². The largest absolute Gasteiger partial charge is 0.368 e. The fourth-order valence-electron chi connectivity index (χ4n) is 1.79. The van der Waals surface area contributed by atoms with Gasteiger partial charge in [0.15, 0.2) is 11.6 Å². The van der Waals surface area contributed by atoms with Gasteiger partial charge in [-0.2, -0.15) is 16.7 Å². The minimum absolute atomic E-state index is 0.115. The number of hydrogen-bond acceptors (Lipinski definition) is 5. The van der Waals surface area contributed by atoms with Gasteiger partial charge in [-0.3, -0.25) is 0 Å². The summed E-state index contributed by atoms with van der Waals surface area (Å²) in [6.07, 6.45) is 1.13. The Morgan fingerprint density at radius 1 is 1.56 bits per heavy atom. The van der Waals surface area contributed by atoms with Crippen molar-refractivity contribution in [1.29, 1.82) is 0 Å². The van der Waals surface area contributed by atoms with Crippen molar-refractivity contribution in [2.45, 2.75) is 18.6 Å². The average molecular weight is 242 g/mol. The molecule has 1 aromatic rings. The molecule has 0 atom stereocenters. The van der Waals surface area contributed by atoms with Crippen molar-refractivity contribution in [1.82, 2.24) is 9.97 Å². The predicted octanol–water partition coefficient (Wildman–Crippen LogP) is 1.53. The SMILES string of the molecule is CC1(C)CN(c2nc(N)ncc2F)CCS1. The zero-order chi connectivity index (χ0) is 11.8. The highest BCUT2D eigenvalue weighted by Gasteiger charge is 2.29. The molecule has 2 heterocycles. The van der Waals surface area contributed by atoms with Crippen LogP contribution in [0.15, 0.2) is 6.20 Å². The molecule has 0 aromatic carbocycles. The van der Waals surface area contributed by atoms with Gasteiger partial charge in [-0.1, -0.05) is 0 Å². The van der Waals surface area contributed by atoms with Crippen molar-refractivity contribution in [3.8, 4) is 0 Å². The third-order valence-electron chi connectivity index (χ3n) is 2.47. The van der Waals surface area contributed by atoms with Gasteiger partial charge in [-0.15, -0.1) is 0 Å². The Bertz CT molecular complexity index is 396. The Kier molecular flexibility index (Phi) is 2.92. The second kappa shape index (κ2) is 4.08. The summed E-state index contributed by atoms with van der Waals surface area (Å²) < 4.78 is 13.7. The second-order valence-corrected chi connectivity index (χ2v) is 6.23. The van der Waals surface area contributed by atoms with Crippen LogP contribution >= 0.6 is 11.8 Å². The topological polar surface area (TPSA) is 55.0 Å². The number of anilines is 2. The minimum Gasteiger partial charge on any atom is -0.368 e. The molecule has 1 aliphatic heterocycles. The second-order valence-electron chi connectivity index (χ2n) is 4.43. The lowest BCUT2D eigenvalue weighted by molar-refractivity contribution is 0.584. The first kappa shape index (κ1) is 11.4. The summed E-state index contributed by atoms with van der Waals surface area (Å²) in [5, 5.41) is 0. The molecule has 2 rings (SSSR count). The molecule has 0 unspecified atom stereocenters. The van der Waals surface area contributed by atoms with Gasteiger partial charge in [0.2, 0.25) is 5.95 Å². The Morgan fingerprint density at radius 2 is 2.31 bits per heavy atom. The molecule has 2 N–H and O–H groups in total. The lowest BCUT2D eigenvalue weighted by Crippen LogP contribution is -2.44. The number of nitrogen functional groups attached to an aromatic ring is 1. The van der Waals surface area contributed by atoms with Gasteiger partial charge in [0.05, 0.1) is 6.20 Å². The lowest BCUT2D eigenvalue weighted by Gasteiger charge is -2.38. The van der Waals surface area contributed by atoms with Crippen molar-refractivity contribution in [2.24, 2.45) is 0 Å². The maximum atomic E-state index is 13.6. The quantitative estimate of drug-likeness (QED) is 0.809. The number of thioether (sulfide) groups is 1. The minimum atomic E-state index is -0.406. The van der Waals surface area contributed by atoms with Crippen molar-refractivity contribution >= 4 is 23.5 Å². The molecular formula is C10H15FN4S. The Balaban J connectivity index is 2.26. The van der Waals surface area contributed by atoms with Crippen LogP contribution in [0, 0.1) is 5.82 Å². The number of halogens is 1. The molecule has 1 aromatic heterocycles. The molecule has 1 aliphatic rings. The maximum absolute atomic E-state index is 13.6. The van der Waals surface area contributed by atoms with E-state index in [0.29, 0.717) is 5.82 Å². The van der Waals surface area contributed by atoms with Crippen molar-refractivity contribution in [3.05, 3.63) is 12.0 Å². The van der Waals surface area contributed by atoms with E-state index in [1.54, 1.807) is 0 Å². The zero-order valence-corrected chi connectivity index (χ0v) is 10.2. The van der Waals surface area contributed by atoms with E-state index in [-0.39, 0.29) is 10.7 Å². The molecule has 0 spiro atoms. The molecule has 16 heavy (non-hydrogen) atoms. The highest BCUT2D eigenvalue weighted by molar-refractivity contribution is 8.00. The summed E-state index contributed by atoms with van der Waals surface area (Å²) in [5.41, 5.74) is 5.48. The van der Waals surface area contributed by atoms with Crippen molar-refractivity contribution < 1.29 is 4.39 Å². The third kappa shape index (κ3) is 2.37. The van der Waals surface area contributed by atoms with Gasteiger partial charge in [-0.05, 0) is 13.8 Å². The molecule has 0 bridgehead atoms. The van der Waals surface area contributed by atoms with Crippen molar-refractivity contribution in [3.63, 3.8) is 0 Å². The van der Waals surface area contributed by atoms with Gasteiger partial charge < -0.3 is 10.6 Å². The van der Waals surface area contributed by atoms with Crippen LogP contribution < -0.4 is 10.6 Å². The summed E-state index contributed by atoms with van der Waals surface area (Å²) in [5.74, 6) is 1.00. The summed E-state index contributed by atoms with van der Waals surface area (Å²) in [7, 11) is 0. The van der Waals surface area contributed by atoms with Crippen LogP contribution in [0.5, 0.6) is 0 Å². The highest BCUT2D eigenvalue weighted by atomic mass is 32.2. The lowest BCUT2D eigenvalue weighted by atomic mass is 10.2. The fourth-order valence-corrected chi connectivity index (χ4v) is 2.90. The van der Waals surface area contributed by atoms with Crippen LogP contribution in [0.3, 0.4) is 0 Å². The van der Waals surface area contributed by atoms with Crippen LogP contribution in [-0.4, -0.2) is 33.6 Å². The van der Waals surface area contributed by atoms with E-state index in [1.807, 2.05) is 16.7 Å². The molecule has 6 heteroatoms. The first-order chi connectivity index (χ1) is 7.48. The number of hydrogen-bond donors (Lipinski definition) is 1. The van der Waals surface area contributed by atoms with E-state index in [0.717, 1.165) is 25.0 Å². The van der Waals surface area contributed by atoms with Gasteiger partial charge in [0.25, 0.3) is 0 Å². The summed E-state index contributed by atoms with van der Waals surface area (Å²) >= 11 is 1.89. The van der Waals surface area contributed by atoms with Gasteiger partial charge in [-0.25, -0.2) is 9.37 Å². The standard InChI is InChI=1S/C10H15FN4S/c1-10(2)6-15(3-4-16-10)8-7(11)5-13-9(12)14-8/h5H,3-4,6H2,1-2H3,(H2,12,13,14). The molecule has 4 nitrogen and oxygen atoms in total. The summed E-state index contributed by atoms with van der Waals surface area (Å²) in [6.45, 7) is 5.85. The Labute approximate surface area is 98.4 Å². The van der Waals surface area contributed by atoms with Crippen LogP contribution in [0.1, 0.15) is 13.8 Å². The number of nitrogens with zero attached hydrogens (tertiary/aromatic N) is 3. The third-order valence-corrected chi connectivity index (χ3v) is 3.77. The van der Waals surface area contributed by atoms with Crippen LogP contribution in [0.25, 0.3) is 0 Å². The molecule has 88 valence electrons. The zero-order valence-electron chi connectivity index (χ0n) is 9.40. The van der Waals surface area contributed by atoms with E-state index in [1.165, 1.54) is 0 Å². The molecular weight excluding hydrogens is 227 g/mol. The predicted molar refractivity (Wildman–Crippen MR) is 65.2 cm³/mol. The molecule has 1 fully saturated rings. The number of rotatable bonds is 1. The molecule has 0 aliphatic carbocycles. The first-order valence-electron chi connectivity index (χ1n) is 5.15. The van der Waals surface area contributed by atoms with E-state index in [9.17, 15) is 4.39 Å². The van der Waals surface area contributed by atoms with Gasteiger partial charge >= 0.3 is 0 Å². The molecule has 0 saturated carbocycles. The molecule has 1 saturated heterocycles. The Hall–Kier alpha value is -1.04. The van der Waals surface area contributed by atoms with E-state index in [4.69, 9.17) is 5.73 Å². The summed E-state index contributed by atoms with van der Waals surface area (Å²) in [4.78, 5) is 9.54. The number of aromatic nitrogens is 2. The first-order valence-corrected chi connectivity index (χ1v) is 6.13. The van der Waals surface area contributed by atoms with Crippen LogP contribution in [0.2, 0.25) is 0 Å². The molecule has 0 radical (unpaired) electrons. The smallest absolute Gasteiger partial charge is 0.222 e. The number of nitrogens with two attached hydrogens (primary N) is 1. The Morgan fingerprint density at radius 3 is 3.00 bits per heavy atom.